The number of rotatable bonds is 6. The highest BCUT2D eigenvalue weighted by molar-refractivity contribution is 6.31. The van der Waals surface area contributed by atoms with Crippen LogP contribution in [0.1, 0.15) is 16.1 Å². The standard InChI is InChI=1S/C16H17ClFN3O3/c1-20(10-11-12(17)4-3-5-13(11)18)16(23)14-6-7-15(22)21(19-14)8-9-24-2/h3-7H,8-10H2,1-2H3. The third-order valence-electron chi connectivity index (χ3n) is 3.40. The van der Waals surface area contributed by atoms with Crippen LogP contribution in [-0.4, -0.2) is 41.4 Å². The molecule has 0 aliphatic rings. The first kappa shape index (κ1) is 18.1. The van der Waals surface area contributed by atoms with E-state index < -0.39 is 11.7 Å². The molecule has 0 unspecified atom stereocenters. The van der Waals surface area contributed by atoms with Gasteiger partial charge >= 0.3 is 0 Å². The molecule has 0 saturated heterocycles. The number of amides is 1. The Morgan fingerprint density at radius 1 is 1.38 bits per heavy atom. The Labute approximate surface area is 143 Å². The Hall–Kier alpha value is -2.25. The van der Waals surface area contributed by atoms with Crippen LogP contribution >= 0.6 is 11.6 Å². The van der Waals surface area contributed by atoms with Gasteiger partial charge in [-0.25, -0.2) is 9.07 Å². The monoisotopic (exact) mass is 353 g/mol. The number of benzene rings is 1. The fourth-order valence-electron chi connectivity index (χ4n) is 2.09. The normalized spacial score (nSPS) is 10.7. The molecule has 1 heterocycles. The van der Waals surface area contributed by atoms with Gasteiger partial charge in [-0.1, -0.05) is 17.7 Å². The van der Waals surface area contributed by atoms with Crippen LogP contribution < -0.4 is 5.56 Å². The summed E-state index contributed by atoms with van der Waals surface area (Å²) in [7, 11) is 3.02. The van der Waals surface area contributed by atoms with Crippen LogP contribution in [0.4, 0.5) is 4.39 Å². The second-order valence-electron chi connectivity index (χ2n) is 5.13. The van der Waals surface area contributed by atoms with E-state index in [0.29, 0.717) is 6.61 Å². The van der Waals surface area contributed by atoms with Crippen molar-refractivity contribution in [2.45, 2.75) is 13.1 Å². The number of halogens is 2. The molecule has 8 heteroatoms. The SMILES string of the molecule is COCCn1nc(C(=O)N(C)Cc2c(F)cccc2Cl)ccc1=O. The van der Waals surface area contributed by atoms with Gasteiger partial charge in [0, 0.05) is 30.8 Å². The Kier molecular flexibility index (Phi) is 6.05. The maximum absolute atomic E-state index is 13.8. The van der Waals surface area contributed by atoms with Crippen molar-refractivity contribution in [3.63, 3.8) is 0 Å². The van der Waals surface area contributed by atoms with Crippen molar-refractivity contribution in [2.75, 3.05) is 20.8 Å². The lowest BCUT2D eigenvalue weighted by Gasteiger charge is -2.18. The van der Waals surface area contributed by atoms with Crippen molar-refractivity contribution in [2.24, 2.45) is 0 Å². The van der Waals surface area contributed by atoms with Gasteiger partial charge < -0.3 is 9.64 Å². The number of methoxy groups -OCH3 is 1. The van der Waals surface area contributed by atoms with Crippen LogP contribution in [-0.2, 0) is 17.8 Å². The smallest absolute Gasteiger partial charge is 0.274 e. The van der Waals surface area contributed by atoms with E-state index in [0.717, 1.165) is 4.68 Å². The third kappa shape index (κ3) is 4.18. The number of ether oxygens (including phenoxy) is 1. The van der Waals surface area contributed by atoms with Gasteiger partial charge in [0.1, 0.15) is 11.5 Å². The van der Waals surface area contributed by atoms with Gasteiger partial charge in [-0.05, 0) is 18.2 Å². The molecule has 24 heavy (non-hydrogen) atoms. The van der Waals surface area contributed by atoms with E-state index in [2.05, 4.69) is 5.10 Å². The van der Waals surface area contributed by atoms with Crippen molar-refractivity contribution in [3.8, 4) is 0 Å². The first-order chi connectivity index (χ1) is 11.4. The van der Waals surface area contributed by atoms with Gasteiger partial charge in [-0.15, -0.1) is 0 Å². The lowest BCUT2D eigenvalue weighted by atomic mass is 10.2. The maximum Gasteiger partial charge on any atom is 0.274 e. The lowest BCUT2D eigenvalue weighted by molar-refractivity contribution is 0.0774. The van der Waals surface area contributed by atoms with Crippen LogP contribution in [0.15, 0.2) is 35.1 Å². The van der Waals surface area contributed by atoms with Gasteiger partial charge in [0.15, 0.2) is 0 Å². The summed E-state index contributed by atoms with van der Waals surface area (Å²) in [6, 6.07) is 6.94. The molecule has 6 nitrogen and oxygen atoms in total. The predicted molar refractivity (Wildman–Crippen MR) is 87.6 cm³/mol. The molecule has 0 radical (unpaired) electrons. The van der Waals surface area contributed by atoms with Gasteiger partial charge in [-0.2, -0.15) is 5.10 Å². The highest BCUT2D eigenvalue weighted by atomic mass is 35.5. The molecule has 0 spiro atoms. The van der Waals surface area contributed by atoms with E-state index in [1.54, 1.807) is 6.07 Å². The Morgan fingerprint density at radius 2 is 2.12 bits per heavy atom. The summed E-state index contributed by atoms with van der Waals surface area (Å²) in [5.74, 6) is -0.930. The Balaban J connectivity index is 2.20. The van der Waals surface area contributed by atoms with Crippen LogP contribution in [0.5, 0.6) is 0 Å². The number of carbonyl (C=O) groups excluding carboxylic acids is 1. The minimum Gasteiger partial charge on any atom is -0.383 e. The van der Waals surface area contributed by atoms with E-state index in [-0.39, 0.29) is 34.9 Å². The molecule has 2 aromatic rings. The topological polar surface area (TPSA) is 64.4 Å². The number of nitrogens with zero attached hydrogens (tertiary/aromatic N) is 3. The summed E-state index contributed by atoms with van der Waals surface area (Å²) >= 11 is 5.97. The first-order valence-electron chi connectivity index (χ1n) is 7.19. The van der Waals surface area contributed by atoms with Gasteiger partial charge in [-0.3, -0.25) is 9.59 Å². The minimum absolute atomic E-state index is 0.0107. The highest BCUT2D eigenvalue weighted by Gasteiger charge is 2.18. The van der Waals surface area contributed by atoms with Gasteiger partial charge in [0.25, 0.3) is 11.5 Å². The second-order valence-corrected chi connectivity index (χ2v) is 5.54. The van der Waals surface area contributed by atoms with Gasteiger partial charge in [0.2, 0.25) is 0 Å². The van der Waals surface area contributed by atoms with E-state index in [4.69, 9.17) is 16.3 Å². The molecule has 1 aromatic heterocycles. The molecule has 128 valence electrons. The summed E-state index contributed by atoms with van der Waals surface area (Å²) in [6.45, 7) is 0.522. The van der Waals surface area contributed by atoms with E-state index in [1.165, 1.54) is 43.3 Å². The average molecular weight is 354 g/mol. The molecule has 0 N–H and O–H groups in total. The van der Waals surface area contributed by atoms with Gasteiger partial charge in [0.05, 0.1) is 19.7 Å². The zero-order valence-electron chi connectivity index (χ0n) is 13.3. The Morgan fingerprint density at radius 3 is 2.79 bits per heavy atom. The fraction of sp³-hybridized carbons (Fsp3) is 0.312. The zero-order chi connectivity index (χ0) is 17.7. The number of hydrogen-bond acceptors (Lipinski definition) is 4. The largest absolute Gasteiger partial charge is 0.383 e. The molecule has 2 rings (SSSR count). The summed E-state index contributed by atoms with van der Waals surface area (Å²) in [5.41, 5.74) is -0.0215. The molecule has 0 aliphatic carbocycles. The summed E-state index contributed by atoms with van der Waals surface area (Å²) in [4.78, 5) is 25.5. The van der Waals surface area contributed by atoms with E-state index in [9.17, 15) is 14.0 Å². The maximum atomic E-state index is 13.8. The molecule has 0 bridgehead atoms. The first-order valence-corrected chi connectivity index (χ1v) is 7.57. The summed E-state index contributed by atoms with van der Waals surface area (Å²) in [5, 5.41) is 4.27. The van der Waals surface area contributed by atoms with Crippen molar-refractivity contribution >= 4 is 17.5 Å². The minimum atomic E-state index is -0.486. The summed E-state index contributed by atoms with van der Waals surface area (Å²) < 4.78 is 19.9. The highest BCUT2D eigenvalue weighted by Crippen LogP contribution is 2.20. The van der Waals surface area contributed by atoms with Crippen LogP contribution in [0.2, 0.25) is 5.02 Å². The fourth-order valence-corrected chi connectivity index (χ4v) is 2.31. The molecule has 0 aliphatic heterocycles. The van der Waals surface area contributed by atoms with Crippen molar-refractivity contribution in [1.29, 1.82) is 0 Å². The van der Waals surface area contributed by atoms with Crippen molar-refractivity contribution in [3.05, 3.63) is 62.8 Å². The van der Waals surface area contributed by atoms with Crippen LogP contribution in [0.25, 0.3) is 0 Å². The number of hydrogen-bond donors (Lipinski definition) is 0. The molecule has 0 atom stereocenters. The predicted octanol–water partition coefficient (Wildman–Crippen LogP) is 1.95. The average Bonchev–Trinajstić information content (AvgIpc) is 2.56. The molecule has 0 saturated carbocycles. The number of carbonyl (C=O) groups is 1. The van der Waals surface area contributed by atoms with E-state index >= 15 is 0 Å². The van der Waals surface area contributed by atoms with Crippen LogP contribution in [0, 0.1) is 5.82 Å². The van der Waals surface area contributed by atoms with Crippen molar-refractivity contribution < 1.29 is 13.9 Å². The molecule has 0 fully saturated rings. The molecule has 1 aromatic carbocycles. The zero-order valence-corrected chi connectivity index (χ0v) is 14.1. The quantitative estimate of drug-likeness (QED) is 0.796. The molecular formula is C16H17ClFN3O3. The Bertz CT molecular complexity index is 774. The molecule has 1 amide bonds. The van der Waals surface area contributed by atoms with Crippen molar-refractivity contribution in [1.82, 2.24) is 14.7 Å². The third-order valence-corrected chi connectivity index (χ3v) is 3.75. The van der Waals surface area contributed by atoms with Crippen LogP contribution in [0.3, 0.4) is 0 Å². The molecular weight excluding hydrogens is 337 g/mol. The second kappa shape index (κ2) is 8.03. The lowest BCUT2D eigenvalue weighted by Crippen LogP contribution is -2.31. The number of aromatic nitrogens is 2. The van der Waals surface area contributed by atoms with E-state index in [1.807, 2.05) is 0 Å². The summed E-state index contributed by atoms with van der Waals surface area (Å²) in [6.07, 6.45) is 0.